The minimum atomic E-state index is -0.299. The number of nitrogens with zero attached hydrogens (tertiary/aromatic N) is 3. The van der Waals surface area contributed by atoms with Crippen LogP contribution in [0.2, 0.25) is 0 Å². The molecule has 1 aromatic heterocycles. The molecule has 4 nitrogen and oxygen atoms in total. The molecule has 4 rings (SSSR count). The van der Waals surface area contributed by atoms with Crippen LogP contribution in [0.25, 0.3) is 0 Å². The standard InChI is InChI=1S/C20H19FN4/c1-14-22-19(24-18-9-5-4-8-17(18)21)12-20(23-14)25-11-10-15-6-2-3-7-16(15)13-25/h2-9,12H,10-11,13H2,1H3,(H,22,23,24). The van der Waals surface area contributed by atoms with Crippen molar-refractivity contribution in [2.75, 3.05) is 16.8 Å². The Kier molecular flexibility index (Phi) is 4.06. The van der Waals surface area contributed by atoms with Crippen molar-refractivity contribution in [1.29, 1.82) is 0 Å². The third kappa shape index (κ3) is 3.31. The van der Waals surface area contributed by atoms with E-state index in [-0.39, 0.29) is 5.82 Å². The molecule has 2 aromatic carbocycles. The molecule has 0 saturated heterocycles. The lowest BCUT2D eigenvalue weighted by molar-refractivity contribution is 0.631. The van der Waals surface area contributed by atoms with Gasteiger partial charge in [0.05, 0.1) is 5.69 Å². The summed E-state index contributed by atoms with van der Waals surface area (Å²) in [5, 5.41) is 3.06. The molecular weight excluding hydrogens is 315 g/mol. The predicted octanol–water partition coefficient (Wildman–Crippen LogP) is 4.23. The highest BCUT2D eigenvalue weighted by Gasteiger charge is 2.18. The molecule has 0 atom stereocenters. The molecule has 0 radical (unpaired) electrons. The Labute approximate surface area is 146 Å². The molecule has 0 spiro atoms. The minimum absolute atomic E-state index is 0.299. The number of hydrogen-bond donors (Lipinski definition) is 1. The summed E-state index contributed by atoms with van der Waals surface area (Å²) in [7, 11) is 0. The predicted molar refractivity (Wildman–Crippen MR) is 97.6 cm³/mol. The van der Waals surface area contributed by atoms with Gasteiger partial charge in [0, 0.05) is 19.2 Å². The van der Waals surface area contributed by atoms with Gasteiger partial charge in [-0.25, -0.2) is 14.4 Å². The Morgan fingerprint density at radius 1 is 1.00 bits per heavy atom. The maximum atomic E-state index is 13.9. The van der Waals surface area contributed by atoms with Crippen molar-refractivity contribution < 1.29 is 4.39 Å². The number of aryl methyl sites for hydroxylation is 1. The summed E-state index contributed by atoms with van der Waals surface area (Å²) < 4.78 is 13.9. The first-order valence-electron chi connectivity index (χ1n) is 8.38. The van der Waals surface area contributed by atoms with Crippen molar-refractivity contribution in [2.45, 2.75) is 19.9 Å². The van der Waals surface area contributed by atoms with E-state index in [9.17, 15) is 4.39 Å². The largest absolute Gasteiger partial charge is 0.352 e. The number of halogens is 1. The first-order chi connectivity index (χ1) is 12.2. The van der Waals surface area contributed by atoms with Crippen LogP contribution in [-0.4, -0.2) is 16.5 Å². The smallest absolute Gasteiger partial charge is 0.146 e. The van der Waals surface area contributed by atoms with Gasteiger partial charge in [0.15, 0.2) is 0 Å². The average molecular weight is 334 g/mol. The first kappa shape index (κ1) is 15.6. The van der Waals surface area contributed by atoms with Gasteiger partial charge in [0.1, 0.15) is 23.3 Å². The molecule has 3 aromatic rings. The molecule has 0 fully saturated rings. The van der Waals surface area contributed by atoms with Gasteiger partial charge in [-0.05, 0) is 36.6 Å². The quantitative estimate of drug-likeness (QED) is 0.778. The number of nitrogens with one attached hydrogen (secondary N) is 1. The number of benzene rings is 2. The van der Waals surface area contributed by atoms with Crippen molar-refractivity contribution in [3.05, 3.63) is 77.4 Å². The highest BCUT2D eigenvalue weighted by Crippen LogP contribution is 2.26. The second kappa shape index (κ2) is 6.51. The summed E-state index contributed by atoms with van der Waals surface area (Å²) in [6.07, 6.45) is 0.995. The summed E-state index contributed by atoms with van der Waals surface area (Å²) >= 11 is 0. The molecule has 1 aliphatic heterocycles. The zero-order valence-corrected chi connectivity index (χ0v) is 14.0. The van der Waals surface area contributed by atoms with Gasteiger partial charge in [-0.3, -0.25) is 0 Å². The van der Waals surface area contributed by atoms with E-state index in [1.807, 2.05) is 13.0 Å². The lowest BCUT2D eigenvalue weighted by atomic mass is 10.00. The lowest BCUT2D eigenvalue weighted by Crippen LogP contribution is -2.31. The fourth-order valence-corrected chi connectivity index (χ4v) is 3.17. The van der Waals surface area contributed by atoms with Gasteiger partial charge in [0.2, 0.25) is 0 Å². The molecule has 0 amide bonds. The molecule has 0 bridgehead atoms. The second-order valence-corrected chi connectivity index (χ2v) is 6.20. The van der Waals surface area contributed by atoms with Crippen LogP contribution in [0, 0.1) is 12.7 Å². The Morgan fingerprint density at radius 3 is 2.60 bits per heavy atom. The van der Waals surface area contributed by atoms with Crippen molar-refractivity contribution in [2.24, 2.45) is 0 Å². The van der Waals surface area contributed by atoms with Crippen molar-refractivity contribution in [3.63, 3.8) is 0 Å². The summed E-state index contributed by atoms with van der Waals surface area (Å²) in [5.41, 5.74) is 3.14. The first-order valence-corrected chi connectivity index (χ1v) is 8.38. The minimum Gasteiger partial charge on any atom is -0.352 e. The molecule has 2 heterocycles. The number of aromatic nitrogens is 2. The lowest BCUT2D eigenvalue weighted by Gasteiger charge is -2.30. The third-order valence-electron chi connectivity index (χ3n) is 4.42. The molecule has 126 valence electrons. The molecule has 1 aliphatic rings. The molecule has 25 heavy (non-hydrogen) atoms. The van der Waals surface area contributed by atoms with Gasteiger partial charge in [0.25, 0.3) is 0 Å². The molecule has 0 aliphatic carbocycles. The average Bonchev–Trinajstić information content (AvgIpc) is 2.63. The SMILES string of the molecule is Cc1nc(Nc2ccccc2F)cc(N2CCc3ccccc3C2)n1. The summed E-state index contributed by atoms with van der Waals surface area (Å²) in [6, 6.07) is 17.0. The van der Waals surface area contributed by atoms with Crippen LogP contribution in [0.3, 0.4) is 0 Å². The normalized spacial score (nSPS) is 13.4. The van der Waals surface area contributed by atoms with Crippen LogP contribution in [0.5, 0.6) is 0 Å². The van der Waals surface area contributed by atoms with Gasteiger partial charge < -0.3 is 10.2 Å². The van der Waals surface area contributed by atoms with E-state index in [1.165, 1.54) is 17.2 Å². The molecular formula is C20H19FN4. The van der Waals surface area contributed by atoms with E-state index in [2.05, 4.69) is 44.5 Å². The summed E-state index contributed by atoms with van der Waals surface area (Å²) in [4.78, 5) is 11.2. The number of fused-ring (bicyclic) bond motifs is 1. The van der Waals surface area contributed by atoms with E-state index in [4.69, 9.17) is 0 Å². The van der Waals surface area contributed by atoms with Gasteiger partial charge in [-0.15, -0.1) is 0 Å². The maximum absolute atomic E-state index is 13.9. The van der Waals surface area contributed by atoms with Crippen molar-refractivity contribution in [1.82, 2.24) is 9.97 Å². The van der Waals surface area contributed by atoms with Crippen LogP contribution in [-0.2, 0) is 13.0 Å². The Balaban J connectivity index is 1.61. The number of para-hydroxylation sites is 1. The number of rotatable bonds is 3. The van der Waals surface area contributed by atoms with E-state index in [0.717, 1.165) is 25.3 Å². The Hall–Kier alpha value is -2.95. The van der Waals surface area contributed by atoms with Gasteiger partial charge in [-0.1, -0.05) is 36.4 Å². The third-order valence-corrected chi connectivity index (χ3v) is 4.42. The fourth-order valence-electron chi connectivity index (χ4n) is 3.17. The topological polar surface area (TPSA) is 41.1 Å². The van der Waals surface area contributed by atoms with Crippen LogP contribution >= 0.6 is 0 Å². The van der Waals surface area contributed by atoms with Crippen LogP contribution in [0.1, 0.15) is 17.0 Å². The van der Waals surface area contributed by atoms with E-state index in [0.29, 0.717) is 17.3 Å². The van der Waals surface area contributed by atoms with Crippen molar-refractivity contribution >= 4 is 17.3 Å². The highest BCUT2D eigenvalue weighted by atomic mass is 19.1. The van der Waals surface area contributed by atoms with E-state index in [1.54, 1.807) is 18.2 Å². The number of anilines is 3. The van der Waals surface area contributed by atoms with Crippen LogP contribution in [0.15, 0.2) is 54.6 Å². The monoisotopic (exact) mass is 334 g/mol. The molecule has 1 N–H and O–H groups in total. The fraction of sp³-hybridized carbons (Fsp3) is 0.200. The van der Waals surface area contributed by atoms with Crippen LogP contribution in [0.4, 0.5) is 21.7 Å². The molecule has 5 heteroatoms. The van der Waals surface area contributed by atoms with Crippen molar-refractivity contribution in [3.8, 4) is 0 Å². The zero-order valence-electron chi connectivity index (χ0n) is 14.0. The maximum Gasteiger partial charge on any atom is 0.146 e. The second-order valence-electron chi connectivity index (χ2n) is 6.20. The molecule has 0 saturated carbocycles. The zero-order chi connectivity index (χ0) is 17.2. The number of hydrogen-bond acceptors (Lipinski definition) is 4. The van der Waals surface area contributed by atoms with Gasteiger partial charge >= 0.3 is 0 Å². The highest BCUT2D eigenvalue weighted by molar-refractivity contribution is 5.60. The Morgan fingerprint density at radius 2 is 1.76 bits per heavy atom. The summed E-state index contributed by atoms with van der Waals surface area (Å²) in [6.45, 7) is 3.59. The Bertz CT molecular complexity index is 910. The summed E-state index contributed by atoms with van der Waals surface area (Å²) in [5.74, 6) is 1.83. The van der Waals surface area contributed by atoms with Crippen LogP contribution < -0.4 is 10.2 Å². The van der Waals surface area contributed by atoms with E-state index < -0.39 is 0 Å². The van der Waals surface area contributed by atoms with E-state index >= 15 is 0 Å². The molecule has 0 unspecified atom stereocenters. The van der Waals surface area contributed by atoms with Gasteiger partial charge in [-0.2, -0.15) is 0 Å².